The van der Waals surface area contributed by atoms with Gasteiger partial charge in [-0.1, -0.05) is 16.8 Å². The van der Waals surface area contributed by atoms with E-state index in [0.29, 0.717) is 17.3 Å². The van der Waals surface area contributed by atoms with Gasteiger partial charge in [0, 0.05) is 18.3 Å². The van der Waals surface area contributed by atoms with Crippen molar-refractivity contribution in [3.8, 4) is 0 Å². The van der Waals surface area contributed by atoms with E-state index in [1.807, 2.05) is 0 Å². The van der Waals surface area contributed by atoms with Crippen molar-refractivity contribution in [3.05, 3.63) is 40.9 Å². The molecule has 84 valence electrons. The Bertz CT molecular complexity index is 497. The molecule has 0 amide bonds. The highest BCUT2D eigenvalue weighted by Crippen LogP contribution is 2.19. The molecule has 0 spiro atoms. The van der Waals surface area contributed by atoms with E-state index in [-0.39, 0.29) is 5.82 Å². The second-order valence-corrected chi connectivity index (χ2v) is 3.80. The molecule has 1 N–H and O–H groups in total. The third-order valence-electron chi connectivity index (χ3n) is 2.04. The zero-order valence-corrected chi connectivity index (χ0v) is 9.37. The fraction of sp³-hybridized carbons (Fsp3) is 0.200. The van der Waals surface area contributed by atoms with Gasteiger partial charge in [0.25, 0.3) is 0 Å². The molecule has 0 radical (unpaired) electrons. The van der Waals surface area contributed by atoms with Crippen LogP contribution in [0.25, 0.3) is 0 Å². The normalized spacial score (nSPS) is 10.4. The lowest BCUT2D eigenvalue weighted by atomic mass is 10.3. The van der Waals surface area contributed by atoms with E-state index >= 15 is 0 Å². The third kappa shape index (κ3) is 2.49. The number of nitrogens with zero attached hydrogens (tertiary/aromatic N) is 3. The average Bonchev–Trinajstić information content (AvgIpc) is 2.63. The van der Waals surface area contributed by atoms with Crippen LogP contribution < -0.4 is 5.32 Å². The van der Waals surface area contributed by atoms with Gasteiger partial charge < -0.3 is 5.32 Å². The maximum atomic E-state index is 13.4. The molecule has 1 heterocycles. The number of aromatic nitrogens is 3. The average molecular weight is 241 g/mol. The first-order valence-corrected chi connectivity index (χ1v) is 5.07. The van der Waals surface area contributed by atoms with Gasteiger partial charge in [-0.2, -0.15) is 0 Å². The van der Waals surface area contributed by atoms with Crippen LogP contribution in [0.4, 0.5) is 10.1 Å². The molecule has 16 heavy (non-hydrogen) atoms. The molecule has 4 nitrogen and oxygen atoms in total. The lowest BCUT2D eigenvalue weighted by Crippen LogP contribution is -2.01. The van der Waals surface area contributed by atoms with Crippen LogP contribution in [0.2, 0.25) is 5.02 Å². The summed E-state index contributed by atoms with van der Waals surface area (Å²) in [5.41, 5.74) is 1.15. The number of halogens is 2. The highest BCUT2D eigenvalue weighted by molar-refractivity contribution is 6.30. The largest absolute Gasteiger partial charge is 0.377 e. The maximum absolute atomic E-state index is 13.4. The summed E-state index contributed by atoms with van der Waals surface area (Å²) in [6.07, 6.45) is 1.76. The van der Waals surface area contributed by atoms with Gasteiger partial charge in [0.05, 0.1) is 12.2 Å². The van der Waals surface area contributed by atoms with Gasteiger partial charge in [-0.25, -0.2) is 4.39 Å². The molecule has 6 heteroatoms. The topological polar surface area (TPSA) is 42.7 Å². The number of hydrogen-bond donors (Lipinski definition) is 1. The quantitative estimate of drug-likeness (QED) is 0.895. The predicted molar refractivity (Wildman–Crippen MR) is 59.7 cm³/mol. The van der Waals surface area contributed by atoms with E-state index in [1.54, 1.807) is 30.1 Å². The number of aryl methyl sites for hydroxylation is 1. The van der Waals surface area contributed by atoms with Gasteiger partial charge >= 0.3 is 0 Å². The Morgan fingerprint density at radius 2 is 2.31 bits per heavy atom. The van der Waals surface area contributed by atoms with Crippen LogP contribution in [0.1, 0.15) is 5.69 Å². The number of hydrogen-bond acceptors (Lipinski definition) is 3. The van der Waals surface area contributed by atoms with Crippen molar-refractivity contribution in [3.63, 3.8) is 0 Å². The molecular formula is C10H10ClFN4. The highest BCUT2D eigenvalue weighted by Gasteiger charge is 2.03. The highest BCUT2D eigenvalue weighted by atomic mass is 35.5. The molecule has 0 saturated heterocycles. The summed E-state index contributed by atoms with van der Waals surface area (Å²) in [6.45, 7) is 0.423. The Morgan fingerprint density at radius 3 is 2.94 bits per heavy atom. The number of benzene rings is 1. The summed E-state index contributed by atoms with van der Waals surface area (Å²) in [5.74, 6) is -0.378. The summed E-state index contributed by atoms with van der Waals surface area (Å²) in [7, 11) is 1.78. The van der Waals surface area contributed by atoms with Crippen molar-refractivity contribution in [2.75, 3.05) is 5.32 Å². The minimum atomic E-state index is -0.378. The van der Waals surface area contributed by atoms with Crippen LogP contribution in [0.3, 0.4) is 0 Å². The molecular weight excluding hydrogens is 231 g/mol. The first-order valence-electron chi connectivity index (χ1n) is 4.69. The molecule has 1 aromatic heterocycles. The van der Waals surface area contributed by atoms with Gasteiger partial charge in [-0.05, 0) is 18.2 Å². The Labute approximate surface area is 97.0 Å². The van der Waals surface area contributed by atoms with Crippen molar-refractivity contribution in [1.82, 2.24) is 15.0 Å². The Balaban J connectivity index is 2.04. The monoisotopic (exact) mass is 240 g/mol. The Morgan fingerprint density at radius 1 is 1.50 bits per heavy atom. The number of rotatable bonds is 3. The summed E-state index contributed by atoms with van der Waals surface area (Å²) < 4.78 is 15.0. The lowest BCUT2D eigenvalue weighted by Gasteiger charge is -2.05. The van der Waals surface area contributed by atoms with E-state index in [2.05, 4.69) is 15.6 Å². The van der Waals surface area contributed by atoms with Crippen molar-refractivity contribution in [1.29, 1.82) is 0 Å². The SMILES string of the molecule is Cn1cc(CNc2ccc(Cl)cc2F)nn1. The van der Waals surface area contributed by atoms with Gasteiger partial charge in [-0.15, -0.1) is 5.10 Å². The maximum Gasteiger partial charge on any atom is 0.147 e. The summed E-state index contributed by atoms with van der Waals surface area (Å²) >= 11 is 5.64. The first kappa shape index (κ1) is 10.9. The number of nitrogens with one attached hydrogen (secondary N) is 1. The fourth-order valence-corrected chi connectivity index (χ4v) is 1.45. The van der Waals surface area contributed by atoms with Crippen LogP contribution in [0, 0.1) is 5.82 Å². The molecule has 0 bridgehead atoms. The van der Waals surface area contributed by atoms with Crippen molar-refractivity contribution >= 4 is 17.3 Å². The molecule has 0 aliphatic carbocycles. The minimum absolute atomic E-state index is 0.377. The van der Waals surface area contributed by atoms with Crippen LogP contribution in [0.5, 0.6) is 0 Å². The van der Waals surface area contributed by atoms with Gasteiger partial charge in [0.15, 0.2) is 0 Å². The molecule has 0 atom stereocenters. The Kier molecular flexibility index (Phi) is 3.05. The molecule has 0 saturated carbocycles. The van der Waals surface area contributed by atoms with Gasteiger partial charge in [-0.3, -0.25) is 4.68 Å². The van der Waals surface area contributed by atoms with Crippen LogP contribution >= 0.6 is 11.6 Å². The summed E-state index contributed by atoms with van der Waals surface area (Å²) in [4.78, 5) is 0. The molecule has 0 unspecified atom stereocenters. The van der Waals surface area contributed by atoms with Gasteiger partial charge in [0.2, 0.25) is 0 Å². The van der Waals surface area contributed by atoms with E-state index in [9.17, 15) is 4.39 Å². The van der Waals surface area contributed by atoms with Crippen LogP contribution in [-0.2, 0) is 13.6 Å². The fourth-order valence-electron chi connectivity index (χ4n) is 1.29. The molecule has 2 aromatic rings. The zero-order chi connectivity index (χ0) is 11.5. The Hall–Kier alpha value is -1.62. The third-order valence-corrected chi connectivity index (χ3v) is 2.28. The van der Waals surface area contributed by atoms with E-state index in [0.717, 1.165) is 5.69 Å². The summed E-state index contributed by atoms with van der Waals surface area (Å²) in [6, 6.07) is 4.48. The molecule has 0 aliphatic rings. The predicted octanol–water partition coefficient (Wildman–Crippen LogP) is 2.22. The van der Waals surface area contributed by atoms with Gasteiger partial charge in [0.1, 0.15) is 11.5 Å². The smallest absolute Gasteiger partial charge is 0.147 e. The lowest BCUT2D eigenvalue weighted by molar-refractivity contribution is 0.630. The second-order valence-electron chi connectivity index (χ2n) is 3.36. The molecule has 2 rings (SSSR count). The van der Waals surface area contributed by atoms with Crippen molar-refractivity contribution in [2.45, 2.75) is 6.54 Å². The van der Waals surface area contributed by atoms with Crippen LogP contribution in [0.15, 0.2) is 24.4 Å². The standard InChI is InChI=1S/C10H10ClFN4/c1-16-6-8(14-15-16)5-13-10-3-2-7(11)4-9(10)12/h2-4,6,13H,5H2,1H3. The van der Waals surface area contributed by atoms with E-state index in [1.165, 1.54) is 6.07 Å². The van der Waals surface area contributed by atoms with Crippen molar-refractivity contribution in [2.24, 2.45) is 7.05 Å². The number of anilines is 1. The van der Waals surface area contributed by atoms with E-state index in [4.69, 9.17) is 11.6 Å². The first-order chi connectivity index (χ1) is 7.65. The summed E-state index contributed by atoms with van der Waals surface area (Å²) in [5, 5.41) is 11.0. The second kappa shape index (κ2) is 4.49. The van der Waals surface area contributed by atoms with Crippen molar-refractivity contribution < 1.29 is 4.39 Å². The van der Waals surface area contributed by atoms with E-state index < -0.39 is 0 Å². The molecule has 1 aromatic carbocycles. The molecule has 0 fully saturated rings. The zero-order valence-electron chi connectivity index (χ0n) is 8.61. The molecule has 0 aliphatic heterocycles. The van der Waals surface area contributed by atoms with Crippen LogP contribution in [-0.4, -0.2) is 15.0 Å². The minimum Gasteiger partial charge on any atom is -0.377 e.